The lowest BCUT2D eigenvalue weighted by Crippen LogP contribution is -2.36. The Hall–Kier alpha value is -3.33. The third-order valence-corrected chi connectivity index (χ3v) is 4.73. The number of rotatable bonds is 13. The zero-order valence-corrected chi connectivity index (χ0v) is 20.8. The average molecular weight is 492 g/mol. The molecule has 34 heavy (non-hydrogen) atoms. The van der Waals surface area contributed by atoms with Gasteiger partial charge in [0.25, 0.3) is 5.91 Å². The number of nitrogens with zero attached hydrogens (tertiary/aromatic N) is 3. The lowest BCUT2D eigenvalue weighted by molar-refractivity contribution is -0.126. The highest BCUT2D eigenvalue weighted by Gasteiger charge is 2.30. The van der Waals surface area contributed by atoms with Gasteiger partial charge in [0, 0.05) is 23.9 Å². The molecule has 2 rings (SSSR count). The molecule has 2 aromatic rings. The number of carbonyl (C=O) groups excluding carboxylic acids is 2. The lowest BCUT2D eigenvalue weighted by atomic mass is 10.2. The largest absolute Gasteiger partial charge is 0.494 e. The number of Topliss-reactive ketones (excluding diaryl/α,β-unsaturated/α-hetero) is 1. The predicted octanol–water partition coefficient (Wildman–Crippen LogP) is 5.51. The van der Waals surface area contributed by atoms with E-state index in [0.29, 0.717) is 55.1 Å². The molecule has 1 atom stereocenters. The number of ketones is 1. The topological polar surface area (TPSA) is 99.0 Å². The summed E-state index contributed by atoms with van der Waals surface area (Å²) in [7, 11) is 0. The Morgan fingerprint density at radius 1 is 0.853 bits per heavy atom. The molecule has 9 nitrogen and oxygen atoms in total. The maximum Gasteiger partial charge on any atom is 0.276 e. The summed E-state index contributed by atoms with van der Waals surface area (Å²) in [6.45, 7) is 10.3. The van der Waals surface area contributed by atoms with E-state index in [1.807, 2.05) is 20.8 Å². The molecule has 0 aliphatic carbocycles. The summed E-state index contributed by atoms with van der Waals surface area (Å²) in [5, 5.41) is 8.05. The van der Waals surface area contributed by atoms with Crippen LogP contribution in [0.4, 0.5) is 11.4 Å². The van der Waals surface area contributed by atoms with Gasteiger partial charge < -0.3 is 18.9 Å². The van der Waals surface area contributed by atoms with E-state index in [1.54, 1.807) is 43.3 Å². The molecule has 0 aliphatic heterocycles. The molecule has 0 fully saturated rings. The first kappa shape index (κ1) is 26.9. The van der Waals surface area contributed by atoms with Crippen LogP contribution in [0.15, 0.2) is 46.6 Å². The third-order valence-electron chi connectivity index (χ3n) is 4.38. The first-order valence-corrected chi connectivity index (χ1v) is 11.4. The number of halogens is 1. The van der Waals surface area contributed by atoms with Crippen LogP contribution in [0, 0.1) is 0 Å². The number of amides is 1. The Labute approximate surface area is 204 Å². The molecule has 0 N–H and O–H groups in total. The minimum Gasteiger partial charge on any atom is -0.494 e. The molecule has 2 aromatic carbocycles. The molecule has 0 heterocycles. The summed E-state index contributed by atoms with van der Waals surface area (Å²) in [4.78, 5) is 25.3. The first-order valence-electron chi connectivity index (χ1n) is 11.1. The zero-order valence-electron chi connectivity index (χ0n) is 20.0. The summed E-state index contributed by atoms with van der Waals surface area (Å²) in [6, 6.07) is 8.38. The molecule has 1 amide bonds. The van der Waals surface area contributed by atoms with E-state index in [9.17, 15) is 9.59 Å². The summed E-state index contributed by atoms with van der Waals surface area (Å²) in [5.74, 6) is 0.674. The van der Waals surface area contributed by atoms with E-state index in [2.05, 4.69) is 10.2 Å². The van der Waals surface area contributed by atoms with Crippen molar-refractivity contribution >= 4 is 34.8 Å². The van der Waals surface area contributed by atoms with Gasteiger partial charge in [0.05, 0.1) is 32.1 Å². The highest BCUT2D eigenvalue weighted by Crippen LogP contribution is 2.35. The van der Waals surface area contributed by atoms with Crippen molar-refractivity contribution in [3.05, 3.63) is 36.4 Å². The number of hydrogen-bond acceptors (Lipinski definition) is 8. The van der Waals surface area contributed by atoms with Crippen LogP contribution in [-0.2, 0) is 9.59 Å². The van der Waals surface area contributed by atoms with Gasteiger partial charge in [-0.15, -0.1) is 0 Å². The van der Waals surface area contributed by atoms with Gasteiger partial charge in [-0.2, -0.15) is 10.2 Å². The van der Waals surface area contributed by atoms with Crippen molar-refractivity contribution in [3.63, 3.8) is 0 Å². The van der Waals surface area contributed by atoms with Gasteiger partial charge in [-0.1, -0.05) is 0 Å². The van der Waals surface area contributed by atoms with Crippen molar-refractivity contribution in [1.29, 1.82) is 0 Å². The van der Waals surface area contributed by atoms with Gasteiger partial charge in [-0.3, -0.25) is 9.59 Å². The minimum absolute atomic E-state index is 0.262. The fourth-order valence-electron chi connectivity index (χ4n) is 2.94. The number of benzene rings is 2. The van der Waals surface area contributed by atoms with Gasteiger partial charge in [0.1, 0.15) is 17.2 Å². The second-order valence-corrected chi connectivity index (χ2v) is 7.18. The molecule has 0 radical (unpaired) electrons. The van der Waals surface area contributed by atoms with E-state index >= 15 is 0 Å². The van der Waals surface area contributed by atoms with Gasteiger partial charge in [0.15, 0.2) is 17.3 Å². The highest BCUT2D eigenvalue weighted by molar-refractivity contribution is 6.39. The van der Waals surface area contributed by atoms with Crippen molar-refractivity contribution in [2.75, 3.05) is 30.8 Å². The normalized spacial score (nSPS) is 11.7. The van der Waals surface area contributed by atoms with E-state index in [-0.39, 0.29) is 5.69 Å². The van der Waals surface area contributed by atoms with Crippen LogP contribution < -0.4 is 23.4 Å². The number of anilines is 1. The molecule has 1 unspecified atom stereocenters. The quantitative estimate of drug-likeness (QED) is 0.208. The summed E-state index contributed by atoms with van der Waals surface area (Å²) in [6.07, 6.45) is 0. The molecule has 184 valence electrons. The summed E-state index contributed by atoms with van der Waals surface area (Å²) >= 11 is 6.34. The lowest BCUT2D eigenvalue weighted by Gasteiger charge is -2.20. The monoisotopic (exact) mass is 491 g/mol. The van der Waals surface area contributed by atoms with Crippen molar-refractivity contribution < 1.29 is 28.5 Å². The molecular weight excluding hydrogens is 462 g/mol. The van der Waals surface area contributed by atoms with Gasteiger partial charge in [-0.05, 0) is 58.9 Å². The van der Waals surface area contributed by atoms with E-state index in [0.717, 1.165) is 4.42 Å². The van der Waals surface area contributed by atoms with E-state index in [1.165, 1.54) is 6.92 Å². The Bertz CT molecular complexity index is 1010. The highest BCUT2D eigenvalue weighted by atomic mass is 35.5. The van der Waals surface area contributed by atoms with Crippen molar-refractivity contribution in [2.45, 2.75) is 40.7 Å². The predicted molar refractivity (Wildman–Crippen MR) is 130 cm³/mol. The molecular formula is C24H30ClN3O6. The number of ether oxygens (including phenoxy) is 4. The van der Waals surface area contributed by atoms with E-state index in [4.69, 9.17) is 30.7 Å². The number of hydrogen-bond donors (Lipinski definition) is 0. The summed E-state index contributed by atoms with van der Waals surface area (Å²) < 4.78 is 23.0. The SMILES string of the molecule is CCOc1ccc(N(Cl)C(=O)C(N=Nc2ccc(OCC)c(OCC)c2)C(C)=O)c(OCC)c1. The Morgan fingerprint density at radius 3 is 2.09 bits per heavy atom. The maximum absolute atomic E-state index is 13.1. The molecule has 0 saturated carbocycles. The van der Waals surface area contributed by atoms with Gasteiger partial charge >= 0.3 is 0 Å². The second-order valence-electron chi connectivity index (χ2n) is 6.84. The molecule has 10 heteroatoms. The fourth-order valence-corrected chi connectivity index (χ4v) is 3.17. The van der Waals surface area contributed by atoms with Crippen LogP contribution in [0.25, 0.3) is 0 Å². The Balaban J connectivity index is 2.31. The van der Waals surface area contributed by atoms with Crippen LogP contribution >= 0.6 is 11.8 Å². The molecule has 0 aromatic heterocycles. The Kier molecular flexibility index (Phi) is 10.6. The third kappa shape index (κ3) is 7.08. The smallest absolute Gasteiger partial charge is 0.276 e. The Morgan fingerprint density at radius 2 is 1.47 bits per heavy atom. The van der Waals surface area contributed by atoms with Crippen LogP contribution in [0.5, 0.6) is 23.0 Å². The van der Waals surface area contributed by atoms with Crippen LogP contribution in [0.1, 0.15) is 34.6 Å². The molecule has 0 spiro atoms. The van der Waals surface area contributed by atoms with Gasteiger partial charge in [0.2, 0.25) is 6.04 Å². The van der Waals surface area contributed by atoms with Crippen molar-refractivity contribution in [1.82, 2.24) is 0 Å². The standard InChI is InChI=1S/C24H30ClN3O6/c1-6-31-18-11-12-19(21(15-18)33-8-3)28(25)24(30)23(16(5)29)27-26-17-10-13-20(32-7-2)22(14-17)34-9-4/h10-15,23H,6-9H2,1-5H3. The number of carbonyl (C=O) groups is 2. The average Bonchev–Trinajstić information content (AvgIpc) is 2.81. The maximum atomic E-state index is 13.1. The summed E-state index contributed by atoms with van der Waals surface area (Å²) in [5.41, 5.74) is 0.654. The molecule has 0 bridgehead atoms. The minimum atomic E-state index is -1.44. The first-order chi connectivity index (χ1) is 16.4. The number of azo groups is 1. The van der Waals surface area contributed by atoms with E-state index < -0.39 is 17.7 Å². The van der Waals surface area contributed by atoms with Gasteiger partial charge in [-0.25, -0.2) is 4.42 Å². The van der Waals surface area contributed by atoms with Crippen molar-refractivity contribution in [3.8, 4) is 23.0 Å². The van der Waals surface area contributed by atoms with Crippen LogP contribution in [0.2, 0.25) is 0 Å². The fraction of sp³-hybridized carbons (Fsp3) is 0.417. The molecule has 0 saturated heterocycles. The van der Waals surface area contributed by atoms with Crippen LogP contribution in [0.3, 0.4) is 0 Å². The second kappa shape index (κ2) is 13.4. The molecule has 0 aliphatic rings. The van der Waals surface area contributed by atoms with Crippen LogP contribution in [-0.4, -0.2) is 44.2 Å². The zero-order chi connectivity index (χ0) is 25.1. The van der Waals surface area contributed by atoms with Crippen molar-refractivity contribution in [2.24, 2.45) is 10.2 Å².